The second-order valence-corrected chi connectivity index (χ2v) is 9.07. The minimum Gasteiger partial charge on any atom is -0.393 e. The van der Waals surface area contributed by atoms with E-state index in [9.17, 15) is 5.11 Å². The normalized spacial score (nSPS) is 29.6. The van der Waals surface area contributed by atoms with Crippen molar-refractivity contribution in [3.8, 4) is 0 Å². The Morgan fingerprint density at radius 1 is 1.20 bits per heavy atom. The van der Waals surface area contributed by atoms with Crippen LogP contribution in [0.5, 0.6) is 0 Å². The Morgan fingerprint density at radius 3 is 2.76 bits per heavy atom. The molecule has 1 unspecified atom stereocenters. The van der Waals surface area contributed by atoms with Gasteiger partial charge in [-0.15, -0.1) is 11.3 Å². The van der Waals surface area contributed by atoms with E-state index >= 15 is 0 Å². The van der Waals surface area contributed by atoms with Crippen LogP contribution in [-0.4, -0.2) is 27.2 Å². The minimum atomic E-state index is -0.117. The van der Waals surface area contributed by atoms with Crippen LogP contribution in [0.4, 0.5) is 5.82 Å². The van der Waals surface area contributed by atoms with E-state index in [1.807, 2.05) is 11.3 Å². The van der Waals surface area contributed by atoms with Crippen LogP contribution >= 0.6 is 11.3 Å². The summed E-state index contributed by atoms with van der Waals surface area (Å²) in [4.78, 5) is 11.9. The zero-order valence-electron chi connectivity index (χ0n) is 15.3. The molecular formula is C20H29N3OS. The molecule has 2 aliphatic carbocycles. The summed E-state index contributed by atoms with van der Waals surface area (Å²) >= 11 is 1.88. The highest BCUT2D eigenvalue weighted by atomic mass is 32.1. The maximum Gasteiger partial charge on any atom is 0.138 e. The molecule has 0 aliphatic heterocycles. The van der Waals surface area contributed by atoms with Gasteiger partial charge in [-0.05, 0) is 55.9 Å². The van der Waals surface area contributed by atoms with Gasteiger partial charge in [0.1, 0.15) is 17.0 Å². The highest BCUT2D eigenvalue weighted by Gasteiger charge is 2.30. The van der Waals surface area contributed by atoms with Crippen molar-refractivity contribution in [1.82, 2.24) is 9.97 Å². The van der Waals surface area contributed by atoms with Crippen LogP contribution in [0.2, 0.25) is 0 Å². The fraction of sp³-hybridized carbons (Fsp3) is 0.700. The Bertz CT molecular complexity index is 736. The number of fused-ring (bicyclic) bond motifs is 3. The van der Waals surface area contributed by atoms with Gasteiger partial charge < -0.3 is 10.4 Å². The molecule has 0 amide bonds. The highest BCUT2D eigenvalue weighted by Crippen LogP contribution is 2.43. The van der Waals surface area contributed by atoms with Crippen molar-refractivity contribution in [2.45, 2.75) is 77.4 Å². The van der Waals surface area contributed by atoms with E-state index < -0.39 is 0 Å². The van der Waals surface area contributed by atoms with Gasteiger partial charge in [0, 0.05) is 10.9 Å². The van der Waals surface area contributed by atoms with Crippen LogP contribution in [0.15, 0.2) is 6.33 Å². The third-order valence-corrected chi connectivity index (χ3v) is 7.31. The first-order chi connectivity index (χ1) is 12.2. The molecule has 0 spiro atoms. The van der Waals surface area contributed by atoms with Crippen molar-refractivity contribution in [3.05, 3.63) is 16.8 Å². The van der Waals surface area contributed by atoms with Gasteiger partial charge in [-0.1, -0.05) is 26.7 Å². The molecule has 0 bridgehead atoms. The second kappa shape index (κ2) is 7.20. The molecule has 2 atom stereocenters. The second-order valence-electron chi connectivity index (χ2n) is 7.99. The van der Waals surface area contributed by atoms with Crippen LogP contribution < -0.4 is 5.32 Å². The average molecular weight is 360 g/mol. The van der Waals surface area contributed by atoms with Crippen LogP contribution in [0.25, 0.3) is 10.2 Å². The number of aliphatic hydroxyl groups is 1. The van der Waals surface area contributed by atoms with Gasteiger partial charge in [0.2, 0.25) is 0 Å². The fourth-order valence-corrected chi connectivity index (χ4v) is 5.89. The molecule has 2 aromatic heterocycles. The molecule has 4 nitrogen and oxygen atoms in total. The third kappa shape index (κ3) is 3.41. The van der Waals surface area contributed by atoms with Crippen molar-refractivity contribution in [1.29, 1.82) is 0 Å². The Hall–Kier alpha value is -1.20. The zero-order valence-corrected chi connectivity index (χ0v) is 16.1. The van der Waals surface area contributed by atoms with E-state index in [1.165, 1.54) is 35.1 Å². The molecule has 0 aromatic carbocycles. The third-order valence-electron chi connectivity index (χ3n) is 6.15. The molecule has 0 saturated heterocycles. The number of hydrogen-bond donors (Lipinski definition) is 2. The lowest BCUT2D eigenvalue weighted by Crippen LogP contribution is -2.28. The van der Waals surface area contributed by atoms with Gasteiger partial charge in [-0.25, -0.2) is 9.97 Å². The van der Waals surface area contributed by atoms with Gasteiger partial charge in [-0.3, -0.25) is 0 Å². The van der Waals surface area contributed by atoms with Crippen molar-refractivity contribution < 1.29 is 5.11 Å². The van der Waals surface area contributed by atoms with Crippen molar-refractivity contribution in [2.24, 2.45) is 11.8 Å². The van der Waals surface area contributed by atoms with E-state index in [-0.39, 0.29) is 6.10 Å². The maximum atomic E-state index is 9.74. The summed E-state index contributed by atoms with van der Waals surface area (Å²) in [7, 11) is 0. The first-order valence-electron chi connectivity index (χ1n) is 9.85. The van der Waals surface area contributed by atoms with Crippen molar-refractivity contribution in [2.75, 3.05) is 5.32 Å². The van der Waals surface area contributed by atoms with Gasteiger partial charge in [0.05, 0.1) is 11.5 Å². The topological polar surface area (TPSA) is 58.0 Å². The zero-order chi connectivity index (χ0) is 17.4. The molecule has 2 aliphatic rings. The van der Waals surface area contributed by atoms with E-state index in [4.69, 9.17) is 0 Å². The molecule has 25 heavy (non-hydrogen) atoms. The summed E-state index contributed by atoms with van der Waals surface area (Å²) in [5, 5.41) is 14.7. The monoisotopic (exact) mass is 359 g/mol. The van der Waals surface area contributed by atoms with Gasteiger partial charge in [-0.2, -0.15) is 0 Å². The van der Waals surface area contributed by atoms with Crippen LogP contribution in [0.1, 0.15) is 62.8 Å². The Labute approximate surface area is 154 Å². The number of nitrogens with one attached hydrogen (secondary N) is 1. The van der Waals surface area contributed by atoms with E-state index in [0.717, 1.165) is 54.6 Å². The van der Waals surface area contributed by atoms with Crippen molar-refractivity contribution in [3.63, 3.8) is 0 Å². The molecule has 1 fully saturated rings. The predicted molar refractivity (Wildman–Crippen MR) is 104 cm³/mol. The molecule has 136 valence electrons. The number of hydrogen-bond acceptors (Lipinski definition) is 5. The van der Waals surface area contributed by atoms with E-state index in [1.54, 1.807) is 6.33 Å². The Morgan fingerprint density at radius 2 is 2.00 bits per heavy atom. The largest absolute Gasteiger partial charge is 0.393 e. The lowest BCUT2D eigenvalue weighted by Gasteiger charge is -2.29. The first kappa shape index (κ1) is 17.2. The molecule has 5 heteroatoms. The summed E-state index contributed by atoms with van der Waals surface area (Å²) in [5.41, 5.74) is 1.50. The summed E-state index contributed by atoms with van der Waals surface area (Å²) in [6.07, 6.45) is 10.4. The van der Waals surface area contributed by atoms with E-state index in [0.29, 0.717) is 6.04 Å². The SMILES string of the molecule is CCCC1Cc2sc3ncnc(NC4CCC(O)CC4)c3c2C[C@@H]1C. The summed E-state index contributed by atoms with van der Waals surface area (Å²) < 4.78 is 0. The Balaban J connectivity index is 1.63. The molecular weight excluding hydrogens is 330 g/mol. The van der Waals surface area contributed by atoms with Crippen LogP contribution in [-0.2, 0) is 12.8 Å². The summed E-state index contributed by atoms with van der Waals surface area (Å²) in [6, 6.07) is 0.422. The number of thiophene rings is 1. The predicted octanol–water partition coefficient (Wildman–Crippen LogP) is 4.56. The number of anilines is 1. The molecule has 1 saturated carbocycles. The minimum absolute atomic E-state index is 0.117. The van der Waals surface area contributed by atoms with Crippen LogP contribution in [0, 0.1) is 11.8 Å². The quantitative estimate of drug-likeness (QED) is 0.840. The molecule has 0 radical (unpaired) electrons. The fourth-order valence-electron chi connectivity index (χ4n) is 4.63. The smallest absolute Gasteiger partial charge is 0.138 e. The van der Waals surface area contributed by atoms with Gasteiger partial charge in [0.15, 0.2) is 0 Å². The van der Waals surface area contributed by atoms with Gasteiger partial charge >= 0.3 is 0 Å². The maximum absolute atomic E-state index is 9.74. The standard InChI is InChI=1S/C20H29N3OS/c1-3-4-13-10-17-16(9-12(13)2)18-19(21-11-22-20(18)25-17)23-14-5-7-15(24)8-6-14/h11-15,24H,3-10H2,1-2H3,(H,21,22,23)/t12-,13?,14?,15?/m0/s1. The molecule has 4 rings (SSSR count). The molecule has 2 aromatic rings. The number of aromatic nitrogens is 2. The number of rotatable bonds is 4. The average Bonchev–Trinajstić information content (AvgIpc) is 2.96. The first-order valence-corrected chi connectivity index (χ1v) is 10.7. The molecule has 2 N–H and O–H groups in total. The van der Waals surface area contributed by atoms with E-state index in [2.05, 4.69) is 29.1 Å². The van der Waals surface area contributed by atoms with Crippen LogP contribution in [0.3, 0.4) is 0 Å². The molecule has 2 heterocycles. The Kier molecular flexibility index (Phi) is 4.96. The highest BCUT2D eigenvalue weighted by molar-refractivity contribution is 7.19. The lowest BCUT2D eigenvalue weighted by atomic mass is 9.77. The lowest BCUT2D eigenvalue weighted by molar-refractivity contribution is 0.126. The summed E-state index contributed by atoms with van der Waals surface area (Å²) in [5.74, 6) is 2.57. The van der Waals surface area contributed by atoms with Gasteiger partial charge in [0.25, 0.3) is 0 Å². The summed E-state index contributed by atoms with van der Waals surface area (Å²) in [6.45, 7) is 4.70. The van der Waals surface area contributed by atoms with Crippen molar-refractivity contribution >= 4 is 27.4 Å². The number of nitrogens with zero attached hydrogens (tertiary/aromatic N) is 2. The number of aliphatic hydroxyl groups excluding tert-OH is 1.